The first-order valence-corrected chi connectivity index (χ1v) is 23.7. The number of unbranched alkanes of at least 4 members (excludes halogenated alkanes) is 9. The van der Waals surface area contributed by atoms with Gasteiger partial charge in [-0.25, -0.2) is 9.78 Å². The highest BCUT2D eigenvalue weighted by molar-refractivity contribution is 6.42. The second-order valence-electron chi connectivity index (χ2n) is 16.6. The van der Waals surface area contributed by atoms with Gasteiger partial charge in [0.05, 0.1) is 38.8 Å². The largest absolute Gasteiger partial charge is 0.462 e. The van der Waals surface area contributed by atoms with Gasteiger partial charge in [-0.05, 0) is 103 Å². The number of Topliss-reactive ketones (excluding diaryl/α,β-unsaturated/α-hetero) is 1. The van der Waals surface area contributed by atoms with Crippen molar-refractivity contribution in [2.24, 2.45) is 5.92 Å². The third-order valence-corrected chi connectivity index (χ3v) is 12.9. The van der Waals surface area contributed by atoms with Crippen molar-refractivity contribution in [3.05, 3.63) is 128 Å². The number of nitriles is 1. The number of fused-ring (bicyclic) bond motifs is 1. The lowest BCUT2D eigenvalue weighted by Crippen LogP contribution is -2.41. The summed E-state index contributed by atoms with van der Waals surface area (Å²) in [6.45, 7) is 4.33. The van der Waals surface area contributed by atoms with E-state index in [-0.39, 0.29) is 55.9 Å². The number of benzene rings is 4. The van der Waals surface area contributed by atoms with Crippen LogP contribution >= 0.6 is 34.8 Å². The number of hydrogen-bond donors (Lipinski definition) is 1. The van der Waals surface area contributed by atoms with Crippen LogP contribution in [-0.2, 0) is 19.1 Å². The molecule has 1 aromatic heterocycles. The summed E-state index contributed by atoms with van der Waals surface area (Å²) < 4.78 is 17.4. The van der Waals surface area contributed by atoms with Crippen molar-refractivity contribution in [2.75, 3.05) is 11.9 Å². The summed E-state index contributed by atoms with van der Waals surface area (Å²) in [4.78, 5) is 60.5. The molecule has 1 heterocycles. The number of ketones is 1. The van der Waals surface area contributed by atoms with Crippen LogP contribution in [0.1, 0.15) is 146 Å². The number of anilines is 1. The van der Waals surface area contributed by atoms with Crippen molar-refractivity contribution in [1.82, 2.24) is 4.98 Å². The number of halogens is 3. The fraction of sp³-hybridized carbons (Fsp3) is 0.385. The predicted molar refractivity (Wildman–Crippen MR) is 256 cm³/mol. The number of nitrogens with zero attached hydrogens (tertiary/aromatic N) is 2. The van der Waals surface area contributed by atoms with Crippen molar-refractivity contribution in [3.63, 3.8) is 0 Å². The monoisotopic (exact) mass is 937 g/mol. The molecule has 2 unspecified atom stereocenters. The number of aryl methyl sites for hydroxylation is 1. The third-order valence-electron chi connectivity index (χ3n) is 11.8. The second kappa shape index (κ2) is 24.2. The number of nitrogens with one attached hydrogen (secondary N) is 1. The van der Waals surface area contributed by atoms with E-state index in [0.29, 0.717) is 22.2 Å². The van der Waals surface area contributed by atoms with Gasteiger partial charge in [0.25, 0.3) is 5.91 Å². The molecule has 6 rings (SSSR count). The summed E-state index contributed by atoms with van der Waals surface area (Å²) in [7, 11) is 0. The van der Waals surface area contributed by atoms with Crippen LogP contribution in [0.2, 0.25) is 15.1 Å². The molecule has 0 spiro atoms. The fourth-order valence-electron chi connectivity index (χ4n) is 8.23. The van der Waals surface area contributed by atoms with Crippen LogP contribution < -0.4 is 5.32 Å². The van der Waals surface area contributed by atoms with Crippen LogP contribution in [0.3, 0.4) is 0 Å². The Morgan fingerprint density at radius 3 is 2.18 bits per heavy atom. The highest BCUT2D eigenvalue weighted by Gasteiger charge is 2.39. The van der Waals surface area contributed by atoms with E-state index in [1.807, 2.05) is 31.2 Å². The van der Waals surface area contributed by atoms with Gasteiger partial charge < -0.3 is 19.2 Å². The molecule has 1 saturated carbocycles. The molecule has 1 N–H and O–H groups in total. The number of allylic oxidation sites excluding steroid dienone is 1. The Morgan fingerprint density at radius 2 is 1.51 bits per heavy atom. The zero-order valence-electron chi connectivity index (χ0n) is 36.8. The average molecular weight is 939 g/mol. The molecule has 1 fully saturated rings. The van der Waals surface area contributed by atoms with Gasteiger partial charge in [0, 0.05) is 5.56 Å². The normalized spacial score (nSPS) is 13.9. The van der Waals surface area contributed by atoms with Gasteiger partial charge >= 0.3 is 11.9 Å². The molecule has 2 atom stereocenters. The molecule has 340 valence electrons. The number of amides is 1. The smallest absolute Gasteiger partial charge is 0.338 e. The van der Waals surface area contributed by atoms with Crippen molar-refractivity contribution in [1.29, 1.82) is 5.26 Å². The summed E-state index contributed by atoms with van der Waals surface area (Å²) >= 11 is 19.0. The summed E-state index contributed by atoms with van der Waals surface area (Å²) in [6, 6.07) is 23.3. The Bertz CT molecular complexity index is 2520. The minimum absolute atomic E-state index is 0.0145. The standard InChI is InChI=1S/C52H54Cl3N3O7/c1-3-4-5-6-7-8-9-10-11-16-27-63-51(61)38-24-26-41(54)44(31-38)57-49(60)48(47(59)37-23-25-40(53)42(55)30-37)65-52(62)46(34-17-12-13-18-34)36-22-21-35(33(2)28-36)29-39(32-56)50-58-43-19-14-15-20-45(43)64-50/h14-15,19-26,28-31,34,46,48H,3-13,16-18,27H2,1-2H3,(H,57,60)/b39-29+. The number of hydrogen-bond acceptors (Lipinski definition) is 9. The molecule has 1 amide bonds. The van der Waals surface area contributed by atoms with E-state index in [0.717, 1.165) is 56.9 Å². The molecule has 13 heteroatoms. The zero-order valence-corrected chi connectivity index (χ0v) is 39.1. The molecule has 0 bridgehead atoms. The minimum Gasteiger partial charge on any atom is -0.462 e. The SMILES string of the molecule is CCCCCCCCCCCCOC(=O)c1ccc(Cl)c(NC(=O)C(OC(=O)C(c2ccc(/C=C(\C#N)c3nc4ccccc4o3)c(C)c2)C2CCCC2)C(=O)c2ccc(Cl)c(Cl)c2)c1. The van der Waals surface area contributed by atoms with Gasteiger partial charge in [0.2, 0.25) is 17.8 Å². The first-order chi connectivity index (χ1) is 31.5. The molecule has 0 aliphatic heterocycles. The number of ether oxygens (including phenoxy) is 2. The van der Waals surface area contributed by atoms with Gasteiger partial charge in [0.1, 0.15) is 17.2 Å². The molecule has 65 heavy (non-hydrogen) atoms. The van der Waals surface area contributed by atoms with Crippen LogP contribution in [0.25, 0.3) is 22.7 Å². The van der Waals surface area contributed by atoms with Gasteiger partial charge in [0.15, 0.2) is 5.58 Å². The van der Waals surface area contributed by atoms with E-state index < -0.39 is 35.7 Å². The molecule has 5 aromatic rings. The topological polar surface area (TPSA) is 149 Å². The van der Waals surface area contributed by atoms with Gasteiger partial charge in [-0.15, -0.1) is 0 Å². The average Bonchev–Trinajstić information content (AvgIpc) is 3.99. The molecule has 0 radical (unpaired) electrons. The van der Waals surface area contributed by atoms with Gasteiger partial charge in [-0.3, -0.25) is 14.4 Å². The lowest BCUT2D eigenvalue weighted by molar-refractivity contribution is -0.154. The molecule has 4 aromatic carbocycles. The third kappa shape index (κ3) is 13.3. The quantitative estimate of drug-likeness (QED) is 0.0235. The van der Waals surface area contributed by atoms with Crippen LogP contribution in [0.15, 0.2) is 83.3 Å². The second-order valence-corrected chi connectivity index (χ2v) is 17.8. The Morgan fingerprint density at radius 1 is 0.831 bits per heavy atom. The number of carbonyl (C=O) groups excluding carboxylic acids is 4. The molecule has 10 nitrogen and oxygen atoms in total. The Labute approximate surface area is 395 Å². The Kier molecular flexibility index (Phi) is 18.2. The predicted octanol–water partition coefficient (Wildman–Crippen LogP) is 13.9. The fourth-order valence-corrected chi connectivity index (χ4v) is 8.69. The van der Waals surface area contributed by atoms with Gasteiger partial charge in [-0.1, -0.05) is 143 Å². The lowest BCUT2D eigenvalue weighted by Gasteiger charge is -2.26. The van der Waals surface area contributed by atoms with Gasteiger partial charge in [-0.2, -0.15) is 5.26 Å². The van der Waals surface area contributed by atoms with Crippen LogP contribution in [-0.4, -0.2) is 41.3 Å². The number of oxazole rings is 1. The van der Waals surface area contributed by atoms with E-state index in [2.05, 4.69) is 23.3 Å². The Hall–Kier alpha value is -5.47. The van der Waals surface area contributed by atoms with Crippen LogP contribution in [0.5, 0.6) is 0 Å². The summed E-state index contributed by atoms with van der Waals surface area (Å²) in [5.41, 5.74) is 3.67. The first-order valence-electron chi connectivity index (χ1n) is 22.5. The lowest BCUT2D eigenvalue weighted by atomic mass is 9.83. The number of esters is 2. The number of aromatic nitrogens is 1. The number of para-hydroxylation sites is 2. The van der Waals surface area contributed by atoms with E-state index in [9.17, 15) is 24.4 Å². The van der Waals surface area contributed by atoms with Crippen molar-refractivity contribution in [2.45, 2.75) is 116 Å². The van der Waals surface area contributed by atoms with E-state index >= 15 is 0 Å². The molecular weight excluding hydrogens is 885 g/mol. The number of carbonyl (C=O) groups is 4. The summed E-state index contributed by atoms with van der Waals surface area (Å²) in [5, 5.41) is 13.0. The van der Waals surface area contributed by atoms with Crippen LogP contribution in [0.4, 0.5) is 5.69 Å². The maximum Gasteiger partial charge on any atom is 0.338 e. The molecule has 0 saturated heterocycles. The molecule has 1 aliphatic rings. The van der Waals surface area contributed by atoms with E-state index in [4.69, 9.17) is 48.7 Å². The van der Waals surface area contributed by atoms with Crippen molar-refractivity contribution >= 4 is 86.9 Å². The van der Waals surface area contributed by atoms with Crippen molar-refractivity contribution in [3.8, 4) is 6.07 Å². The first kappa shape index (κ1) is 49.0. The van der Waals surface area contributed by atoms with E-state index in [1.54, 1.807) is 24.3 Å². The maximum atomic E-state index is 14.5. The van der Waals surface area contributed by atoms with Crippen molar-refractivity contribution < 1.29 is 33.1 Å². The highest BCUT2D eigenvalue weighted by Crippen LogP contribution is 2.40. The van der Waals surface area contributed by atoms with E-state index in [1.165, 1.54) is 74.9 Å². The maximum absolute atomic E-state index is 14.5. The zero-order chi connectivity index (χ0) is 46.3. The highest BCUT2D eigenvalue weighted by atomic mass is 35.5. The Balaban J connectivity index is 1.19. The van der Waals surface area contributed by atoms with Crippen LogP contribution in [0, 0.1) is 24.2 Å². The summed E-state index contributed by atoms with van der Waals surface area (Å²) in [5.74, 6) is -3.98. The minimum atomic E-state index is -1.98. The molecule has 1 aliphatic carbocycles. The molecular formula is C52H54Cl3N3O7. The number of rotatable bonds is 22. The summed E-state index contributed by atoms with van der Waals surface area (Å²) in [6.07, 6.45) is 14.4.